The van der Waals surface area contributed by atoms with Gasteiger partial charge in [-0.3, -0.25) is 0 Å². The number of fused-ring (bicyclic) bond motifs is 5. The lowest BCUT2D eigenvalue weighted by Crippen LogP contribution is -2.46. The van der Waals surface area contributed by atoms with Gasteiger partial charge in [-0.1, -0.05) is 32.1 Å². The monoisotopic (exact) mass is 340 g/mol. The fourth-order valence-corrected chi connectivity index (χ4v) is 6.70. The first-order chi connectivity index (χ1) is 12.0. The van der Waals surface area contributed by atoms with Crippen molar-refractivity contribution >= 4 is 0 Å². The third-order valence-electron chi connectivity index (χ3n) is 7.90. The standard InChI is InChI=1S/C23H32O2/c1-4-5-14(2)20-13-21(25)23(3)11-10-18-17-9-7-16(24)12-15(17)6-8-19(18)22(20)23/h4-5,7,9,12,14,18-22,24-25H,6,8,10-11,13H2,1-3H3/t14?,18-,19-,20?,21?,22-,23-/m1/s1. The smallest absolute Gasteiger partial charge is 0.115 e. The van der Waals surface area contributed by atoms with Crippen molar-refractivity contribution < 1.29 is 10.2 Å². The minimum atomic E-state index is -0.155. The van der Waals surface area contributed by atoms with Crippen molar-refractivity contribution in [3.63, 3.8) is 0 Å². The fraction of sp³-hybridized carbons (Fsp3) is 0.652. The van der Waals surface area contributed by atoms with Gasteiger partial charge < -0.3 is 10.2 Å². The Balaban J connectivity index is 1.72. The molecule has 25 heavy (non-hydrogen) atoms. The summed E-state index contributed by atoms with van der Waals surface area (Å²) in [6.07, 6.45) is 9.88. The Hall–Kier alpha value is -1.28. The van der Waals surface area contributed by atoms with Gasteiger partial charge in [0.1, 0.15) is 5.75 Å². The number of hydrogen-bond acceptors (Lipinski definition) is 2. The quantitative estimate of drug-likeness (QED) is 0.740. The Bertz CT molecular complexity index is 679. The average Bonchev–Trinajstić information content (AvgIpc) is 2.86. The highest BCUT2D eigenvalue weighted by molar-refractivity contribution is 5.40. The van der Waals surface area contributed by atoms with Crippen molar-refractivity contribution in [2.45, 2.75) is 64.9 Å². The molecule has 2 fully saturated rings. The van der Waals surface area contributed by atoms with E-state index in [1.165, 1.54) is 24.0 Å². The summed E-state index contributed by atoms with van der Waals surface area (Å²) >= 11 is 0. The summed E-state index contributed by atoms with van der Waals surface area (Å²) in [7, 11) is 0. The number of aliphatic hydroxyl groups is 1. The van der Waals surface area contributed by atoms with Gasteiger partial charge >= 0.3 is 0 Å². The summed E-state index contributed by atoms with van der Waals surface area (Å²) in [4.78, 5) is 0. The highest BCUT2D eigenvalue weighted by Crippen LogP contribution is 2.64. The number of benzene rings is 1. The molecule has 0 saturated heterocycles. The topological polar surface area (TPSA) is 40.5 Å². The summed E-state index contributed by atoms with van der Waals surface area (Å²) in [6.45, 7) is 6.79. The van der Waals surface area contributed by atoms with Gasteiger partial charge in [-0.2, -0.15) is 0 Å². The lowest BCUT2D eigenvalue weighted by molar-refractivity contribution is -0.0324. The van der Waals surface area contributed by atoms with E-state index in [0.29, 0.717) is 35.3 Å². The molecule has 0 aromatic heterocycles. The Morgan fingerprint density at radius 2 is 2.08 bits per heavy atom. The molecule has 2 heteroatoms. The zero-order valence-electron chi connectivity index (χ0n) is 15.8. The van der Waals surface area contributed by atoms with E-state index in [9.17, 15) is 10.2 Å². The van der Waals surface area contributed by atoms with E-state index in [0.717, 1.165) is 19.3 Å². The number of aromatic hydroxyl groups is 1. The van der Waals surface area contributed by atoms with E-state index < -0.39 is 0 Å². The molecule has 3 unspecified atom stereocenters. The molecule has 0 bridgehead atoms. The van der Waals surface area contributed by atoms with Crippen LogP contribution in [0.25, 0.3) is 0 Å². The van der Waals surface area contributed by atoms with E-state index in [1.807, 2.05) is 12.1 Å². The van der Waals surface area contributed by atoms with Crippen LogP contribution in [0.2, 0.25) is 0 Å². The lowest BCUT2D eigenvalue weighted by Gasteiger charge is -2.52. The third kappa shape index (κ3) is 2.56. The molecule has 0 aliphatic heterocycles. The second-order valence-corrected chi connectivity index (χ2v) is 9.06. The number of rotatable bonds is 2. The molecular weight excluding hydrogens is 308 g/mol. The molecule has 7 atom stereocenters. The Kier molecular flexibility index (Phi) is 4.22. The predicted molar refractivity (Wildman–Crippen MR) is 102 cm³/mol. The summed E-state index contributed by atoms with van der Waals surface area (Å²) in [5, 5.41) is 20.8. The highest BCUT2D eigenvalue weighted by atomic mass is 16.3. The Morgan fingerprint density at radius 3 is 2.84 bits per heavy atom. The highest BCUT2D eigenvalue weighted by Gasteiger charge is 2.59. The van der Waals surface area contributed by atoms with Crippen LogP contribution in [0.4, 0.5) is 0 Å². The van der Waals surface area contributed by atoms with Crippen LogP contribution in [-0.2, 0) is 6.42 Å². The predicted octanol–water partition coefficient (Wildman–Crippen LogP) is 5.05. The molecule has 3 aliphatic carbocycles. The molecular formula is C23H32O2. The normalized spacial score (nSPS) is 41.2. The van der Waals surface area contributed by atoms with Crippen LogP contribution in [0.3, 0.4) is 0 Å². The molecule has 2 saturated carbocycles. The minimum Gasteiger partial charge on any atom is -0.508 e. The maximum atomic E-state index is 10.9. The van der Waals surface area contributed by atoms with Gasteiger partial charge in [0.05, 0.1) is 6.10 Å². The Labute approximate surface area is 152 Å². The molecule has 0 spiro atoms. The van der Waals surface area contributed by atoms with Gasteiger partial charge in [0.15, 0.2) is 0 Å². The number of phenols is 1. The average molecular weight is 341 g/mol. The zero-order valence-corrected chi connectivity index (χ0v) is 15.8. The van der Waals surface area contributed by atoms with Crippen LogP contribution in [0.5, 0.6) is 5.75 Å². The Morgan fingerprint density at radius 1 is 1.28 bits per heavy atom. The minimum absolute atomic E-state index is 0.0795. The maximum absolute atomic E-state index is 10.9. The van der Waals surface area contributed by atoms with Crippen molar-refractivity contribution in [1.82, 2.24) is 0 Å². The number of aryl methyl sites for hydroxylation is 1. The first kappa shape index (κ1) is 17.1. The SMILES string of the molecule is CC=CC(C)C1CC(O)[C@@]2(C)CC[C@@H]3c4ccc(O)cc4CC[C@H]3[C@H]12. The maximum Gasteiger partial charge on any atom is 0.115 e. The van der Waals surface area contributed by atoms with E-state index in [4.69, 9.17) is 0 Å². The van der Waals surface area contributed by atoms with E-state index in [-0.39, 0.29) is 11.5 Å². The van der Waals surface area contributed by atoms with Gasteiger partial charge in [0.2, 0.25) is 0 Å². The summed E-state index contributed by atoms with van der Waals surface area (Å²) in [5.41, 5.74) is 2.90. The van der Waals surface area contributed by atoms with Crippen LogP contribution in [-0.4, -0.2) is 16.3 Å². The molecule has 1 aromatic carbocycles. The van der Waals surface area contributed by atoms with Gasteiger partial charge in [-0.15, -0.1) is 0 Å². The first-order valence-electron chi connectivity index (χ1n) is 10.1. The van der Waals surface area contributed by atoms with Gasteiger partial charge in [-0.05, 0) is 97.3 Å². The number of hydrogen-bond donors (Lipinski definition) is 2. The largest absolute Gasteiger partial charge is 0.508 e. The van der Waals surface area contributed by atoms with Crippen molar-refractivity contribution in [2.75, 3.05) is 0 Å². The molecule has 1 aromatic rings. The molecule has 2 N–H and O–H groups in total. The van der Waals surface area contributed by atoms with Crippen LogP contribution in [0, 0.1) is 29.1 Å². The van der Waals surface area contributed by atoms with Crippen molar-refractivity contribution in [1.29, 1.82) is 0 Å². The summed E-state index contributed by atoms with van der Waals surface area (Å²) in [6, 6.07) is 6.00. The van der Waals surface area contributed by atoms with Crippen LogP contribution < -0.4 is 0 Å². The number of allylic oxidation sites excluding steroid dienone is 2. The van der Waals surface area contributed by atoms with E-state index in [2.05, 4.69) is 39.0 Å². The van der Waals surface area contributed by atoms with Crippen LogP contribution in [0.15, 0.2) is 30.4 Å². The second kappa shape index (κ2) is 6.16. The van der Waals surface area contributed by atoms with Gasteiger partial charge in [-0.25, -0.2) is 0 Å². The van der Waals surface area contributed by atoms with Gasteiger partial charge in [0, 0.05) is 0 Å². The molecule has 4 rings (SSSR count). The van der Waals surface area contributed by atoms with Crippen molar-refractivity contribution in [3.05, 3.63) is 41.5 Å². The first-order valence-corrected chi connectivity index (χ1v) is 10.1. The molecule has 136 valence electrons. The van der Waals surface area contributed by atoms with E-state index in [1.54, 1.807) is 0 Å². The number of phenolic OH excluding ortho intramolecular Hbond substituents is 1. The van der Waals surface area contributed by atoms with Crippen molar-refractivity contribution in [2.24, 2.45) is 29.1 Å². The van der Waals surface area contributed by atoms with Gasteiger partial charge in [0.25, 0.3) is 0 Å². The van der Waals surface area contributed by atoms with E-state index >= 15 is 0 Å². The molecule has 3 aliphatic rings. The fourth-order valence-electron chi connectivity index (χ4n) is 6.70. The van der Waals surface area contributed by atoms with Crippen LogP contribution >= 0.6 is 0 Å². The second-order valence-electron chi connectivity index (χ2n) is 9.06. The third-order valence-corrected chi connectivity index (χ3v) is 7.90. The van der Waals surface area contributed by atoms with Crippen LogP contribution in [0.1, 0.15) is 63.5 Å². The zero-order chi connectivity index (χ0) is 17.8. The molecule has 0 amide bonds. The summed E-state index contributed by atoms with van der Waals surface area (Å²) < 4.78 is 0. The number of aliphatic hydroxyl groups excluding tert-OH is 1. The van der Waals surface area contributed by atoms with Crippen molar-refractivity contribution in [3.8, 4) is 5.75 Å². The molecule has 0 heterocycles. The lowest BCUT2D eigenvalue weighted by atomic mass is 9.53. The molecule has 2 nitrogen and oxygen atoms in total. The summed E-state index contributed by atoms with van der Waals surface area (Å²) in [5.74, 6) is 3.40. The molecule has 0 radical (unpaired) electrons.